The third kappa shape index (κ3) is 5.72. The first-order chi connectivity index (χ1) is 16.1. The zero-order valence-corrected chi connectivity index (χ0v) is 18.0. The second kappa shape index (κ2) is 10.4. The second-order valence-electron chi connectivity index (χ2n) is 7.65. The van der Waals surface area contributed by atoms with Crippen molar-refractivity contribution in [2.75, 3.05) is 11.9 Å². The molecule has 0 saturated heterocycles. The molecule has 1 atom stereocenters. The number of anilines is 1. The van der Waals surface area contributed by atoms with Crippen molar-refractivity contribution < 1.29 is 9.59 Å². The maximum Gasteiger partial charge on any atom is 0.255 e. The molecule has 4 rings (SSSR count). The molecule has 7 nitrogen and oxygen atoms in total. The summed E-state index contributed by atoms with van der Waals surface area (Å²) in [6.07, 6.45) is 7.22. The molecular weight excluding hydrogens is 414 g/mol. The van der Waals surface area contributed by atoms with Crippen molar-refractivity contribution in [3.63, 3.8) is 0 Å². The zero-order valence-electron chi connectivity index (χ0n) is 18.0. The van der Waals surface area contributed by atoms with Gasteiger partial charge in [-0.05, 0) is 36.3 Å². The zero-order chi connectivity index (χ0) is 23.0. The Hall–Kier alpha value is -4.23. The third-order valence-corrected chi connectivity index (χ3v) is 5.23. The van der Waals surface area contributed by atoms with Gasteiger partial charge in [-0.3, -0.25) is 9.59 Å². The van der Waals surface area contributed by atoms with Crippen LogP contribution in [-0.2, 0) is 11.2 Å². The van der Waals surface area contributed by atoms with Gasteiger partial charge in [0.2, 0.25) is 5.91 Å². The molecule has 0 radical (unpaired) electrons. The number of aromatic nitrogens is 2. The first kappa shape index (κ1) is 22.0. The first-order valence-corrected chi connectivity index (χ1v) is 10.7. The Morgan fingerprint density at radius 1 is 1.06 bits per heavy atom. The van der Waals surface area contributed by atoms with Crippen LogP contribution in [0.2, 0.25) is 0 Å². The summed E-state index contributed by atoms with van der Waals surface area (Å²) >= 11 is 0. The smallest absolute Gasteiger partial charge is 0.255 e. The third-order valence-electron chi connectivity index (χ3n) is 5.23. The topological polar surface area (TPSA) is 113 Å². The molecule has 0 unspecified atom stereocenters. The van der Waals surface area contributed by atoms with Gasteiger partial charge in [0.1, 0.15) is 5.65 Å². The number of nitrogens with two attached hydrogens (primary N) is 1. The van der Waals surface area contributed by atoms with E-state index in [1.807, 2.05) is 54.6 Å². The number of H-pyrrole nitrogens is 1. The van der Waals surface area contributed by atoms with Crippen LogP contribution in [0.1, 0.15) is 21.5 Å². The number of rotatable bonds is 8. The predicted molar refractivity (Wildman–Crippen MR) is 131 cm³/mol. The first-order valence-electron chi connectivity index (χ1n) is 10.7. The Balaban J connectivity index is 1.43. The minimum absolute atomic E-state index is 0.158. The predicted octanol–water partition coefficient (Wildman–Crippen LogP) is 3.51. The molecule has 4 aromatic rings. The number of hydrogen-bond donors (Lipinski definition) is 4. The van der Waals surface area contributed by atoms with Crippen molar-refractivity contribution in [2.45, 2.75) is 12.5 Å². The normalized spacial score (nSPS) is 12.0. The molecule has 0 saturated carbocycles. The van der Waals surface area contributed by atoms with Crippen molar-refractivity contribution >= 4 is 34.6 Å². The van der Waals surface area contributed by atoms with Gasteiger partial charge in [-0.2, -0.15) is 0 Å². The summed E-state index contributed by atoms with van der Waals surface area (Å²) in [7, 11) is 0. The van der Waals surface area contributed by atoms with Gasteiger partial charge in [0.05, 0.1) is 11.9 Å². The molecule has 0 aliphatic heterocycles. The number of pyridine rings is 1. The number of aromatic amines is 1. The molecule has 166 valence electrons. The standard InChI is InChI=1S/C26H25N5O2/c27-15-21(13-18-7-3-1-4-8-18)30-24(32)12-11-20-16-28-25-23(20)14-22(17-29-25)31-26(33)19-9-5-2-6-10-19/h1-12,14,16-17,21H,13,15,27H2,(H,28,29)(H,30,32)(H,31,33)/b12-11+/t21-/m0/s1. The Morgan fingerprint density at radius 2 is 1.79 bits per heavy atom. The van der Waals surface area contributed by atoms with Crippen molar-refractivity contribution in [2.24, 2.45) is 5.73 Å². The van der Waals surface area contributed by atoms with E-state index in [1.165, 1.54) is 6.08 Å². The monoisotopic (exact) mass is 439 g/mol. The average Bonchev–Trinajstić information content (AvgIpc) is 3.25. The number of carbonyl (C=O) groups excluding carboxylic acids is 2. The van der Waals surface area contributed by atoms with Crippen molar-refractivity contribution in [3.05, 3.63) is 102 Å². The summed E-state index contributed by atoms with van der Waals surface area (Å²) in [6, 6.07) is 20.6. The molecule has 5 N–H and O–H groups in total. The lowest BCUT2D eigenvalue weighted by Crippen LogP contribution is -2.40. The van der Waals surface area contributed by atoms with Gasteiger partial charge in [-0.1, -0.05) is 48.5 Å². The average molecular weight is 440 g/mol. The molecule has 2 heterocycles. The highest BCUT2D eigenvalue weighted by atomic mass is 16.2. The number of nitrogens with one attached hydrogen (secondary N) is 3. The van der Waals surface area contributed by atoms with Gasteiger partial charge in [-0.15, -0.1) is 0 Å². The quantitative estimate of drug-likeness (QED) is 0.315. The molecule has 0 spiro atoms. The second-order valence-corrected chi connectivity index (χ2v) is 7.65. The highest BCUT2D eigenvalue weighted by Crippen LogP contribution is 2.22. The highest BCUT2D eigenvalue weighted by Gasteiger charge is 2.11. The molecule has 7 heteroatoms. The number of fused-ring (bicyclic) bond motifs is 1. The van der Waals surface area contributed by atoms with E-state index in [1.54, 1.807) is 30.6 Å². The Bertz CT molecular complexity index is 1270. The van der Waals surface area contributed by atoms with Crippen molar-refractivity contribution in [3.8, 4) is 0 Å². The fourth-order valence-corrected chi connectivity index (χ4v) is 3.53. The van der Waals surface area contributed by atoms with Crippen LogP contribution in [0.25, 0.3) is 17.1 Å². The molecule has 0 aliphatic carbocycles. The van der Waals surface area contributed by atoms with Crippen LogP contribution in [0.4, 0.5) is 5.69 Å². The summed E-state index contributed by atoms with van der Waals surface area (Å²) in [4.78, 5) is 32.3. The van der Waals surface area contributed by atoms with Crippen LogP contribution in [-0.4, -0.2) is 34.4 Å². The lowest BCUT2D eigenvalue weighted by Gasteiger charge is -2.15. The summed E-state index contributed by atoms with van der Waals surface area (Å²) in [5.74, 6) is -0.438. The van der Waals surface area contributed by atoms with Crippen LogP contribution in [0.15, 0.2) is 85.2 Å². The summed E-state index contributed by atoms with van der Waals surface area (Å²) < 4.78 is 0. The Labute approximate surface area is 191 Å². The largest absolute Gasteiger partial charge is 0.348 e. The van der Waals surface area contributed by atoms with E-state index in [2.05, 4.69) is 20.6 Å². The van der Waals surface area contributed by atoms with E-state index in [0.29, 0.717) is 29.9 Å². The van der Waals surface area contributed by atoms with Crippen LogP contribution >= 0.6 is 0 Å². The highest BCUT2D eigenvalue weighted by molar-refractivity contribution is 6.05. The van der Waals surface area contributed by atoms with Gasteiger partial charge in [-0.25, -0.2) is 4.98 Å². The van der Waals surface area contributed by atoms with Gasteiger partial charge >= 0.3 is 0 Å². The van der Waals surface area contributed by atoms with Crippen LogP contribution in [0.3, 0.4) is 0 Å². The van der Waals surface area contributed by atoms with E-state index in [0.717, 1.165) is 16.5 Å². The molecule has 2 aromatic heterocycles. The molecule has 2 amide bonds. The fourth-order valence-electron chi connectivity index (χ4n) is 3.53. The van der Waals surface area contributed by atoms with Crippen molar-refractivity contribution in [1.82, 2.24) is 15.3 Å². The van der Waals surface area contributed by atoms with E-state index in [-0.39, 0.29) is 17.9 Å². The van der Waals surface area contributed by atoms with Gasteiger partial charge in [0, 0.05) is 41.4 Å². The van der Waals surface area contributed by atoms with E-state index in [9.17, 15) is 9.59 Å². The fraction of sp³-hybridized carbons (Fsp3) is 0.115. The number of carbonyl (C=O) groups is 2. The Morgan fingerprint density at radius 3 is 2.52 bits per heavy atom. The molecule has 0 fully saturated rings. The minimum atomic E-state index is -0.225. The van der Waals surface area contributed by atoms with E-state index < -0.39 is 0 Å². The summed E-state index contributed by atoms with van der Waals surface area (Å²) in [5.41, 5.74) is 9.55. The lowest BCUT2D eigenvalue weighted by molar-refractivity contribution is -0.117. The van der Waals surface area contributed by atoms with Crippen LogP contribution in [0.5, 0.6) is 0 Å². The number of hydrogen-bond acceptors (Lipinski definition) is 4. The number of benzene rings is 2. The van der Waals surface area contributed by atoms with Gasteiger partial charge in [0.25, 0.3) is 5.91 Å². The summed E-state index contributed by atoms with van der Waals surface area (Å²) in [6.45, 7) is 0.343. The number of nitrogens with zero attached hydrogens (tertiary/aromatic N) is 1. The minimum Gasteiger partial charge on any atom is -0.348 e. The maximum atomic E-state index is 12.5. The summed E-state index contributed by atoms with van der Waals surface area (Å²) in [5, 5.41) is 6.60. The van der Waals surface area contributed by atoms with E-state index >= 15 is 0 Å². The van der Waals surface area contributed by atoms with Crippen LogP contribution < -0.4 is 16.4 Å². The van der Waals surface area contributed by atoms with Gasteiger partial charge in [0.15, 0.2) is 0 Å². The SMILES string of the molecule is NC[C@H](Cc1ccccc1)NC(=O)/C=C/c1c[nH]c2ncc(NC(=O)c3ccccc3)cc12. The Kier molecular flexibility index (Phi) is 6.92. The van der Waals surface area contributed by atoms with Gasteiger partial charge < -0.3 is 21.4 Å². The van der Waals surface area contributed by atoms with E-state index in [4.69, 9.17) is 5.73 Å². The molecule has 0 bridgehead atoms. The molecule has 0 aliphatic rings. The molecular formula is C26H25N5O2. The molecule has 2 aromatic carbocycles. The maximum absolute atomic E-state index is 12.5. The molecule has 33 heavy (non-hydrogen) atoms. The van der Waals surface area contributed by atoms with Crippen LogP contribution in [0, 0.1) is 0 Å². The lowest BCUT2D eigenvalue weighted by atomic mass is 10.1. The number of amides is 2. The van der Waals surface area contributed by atoms with Crippen molar-refractivity contribution in [1.29, 1.82) is 0 Å².